The number of carbonyl (C=O) groups is 1. The van der Waals surface area contributed by atoms with Gasteiger partial charge in [-0.05, 0) is 67.0 Å². The van der Waals surface area contributed by atoms with Crippen LogP contribution >= 0.6 is 0 Å². The summed E-state index contributed by atoms with van der Waals surface area (Å²) in [5.41, 5.74) is 8.19. The molecule has 3 aliphatic heterocycles. The quantitative estimate of drug-likeness (QED) is 0.670. The lowest BCUT2D eigenvalue weighted by Crippen LogP contribution is -2.58. The highest BCUT2D eigenvalue weighted by Gasteiger charge is 2.43. The Morgan fingerprint density at radius 3 is 2.84 bits per heavy atom. The summed E-state index contributed by atoms with van der Waals surface area (Å²) in [5, 5.41) is 4.34. The molecular weight excluding hydrogens is 388 g/mol. The molecule has 1 amide bonds. The molecule has 0 spiro atoms. The van der Waals surface area contributed by atoms with Gasteiger partial charge in [-0.25, -0.2) is 0 Å². The highest BCUT2D eigenvalue weighted by Crippen LogP contribution is 2.42. The molecule has 0 aliphatic carbocycles. The first-order valence-corrected chi connectivity index (χ1v) is 11.3. The van der Waals surface area contributed by atoms with E-state index in [0.29, 0.717) is 11.8 Å². The van der Waals surface area contributed by atoms with Gasteiger partial charge in [-0.1, -0.05) is 19.9 Å². The molecule has 3 aliphatic rings. The van der Waals surface area contributed by atoms with Crippen molar-refractivity contribution in [3.63, 3.8) is 0 Å². The predicted octanol–water partition coefficient (Wildman–Crippen LogP) is 3.28. The Bertz CT molecular complexity index is 960. The minimum absolute atomic E-state index is 0.0724. The average molecular weight is 423 g/mol. The number of hydrogen-bond donors (Lipinski definition) is 2. The SMILES string of the molecule is C=CC1CN2CCC1CC2[C@H](NC(=O)[C@@H](N)C(C)C)c1ccnc2ccc(OC)cc12. The van der Waals surface area contributed by atoms with Crippen molar-refractivity contribution in [2.75, 3.05) is 20.2 Å². The third-order valence-electron chi connectivity index (χ3n) is 7.17. The van der Waals surface area contributed by atoms with E-state index < -0.39 is 6.04 Å². The number of benzene rings is 1. The van der Waals surface area contributed by atoms with Crippen LogP contribution in [0.15, 0.2) is 43.1 Å². The van der Waals surface area contributed by atoms with Gasteiger partial charge >= 0.3 is 0 Å². The number of nitrogens with zero attached hydrogens (tertiary/aromatic N) is 2. The Hall–Kier alpha value is -2.44. The largest absolute Gasteiger partial charge is 0.497 e. The number of hydrogen-bond acceptors (Lipinski definition) is 5. The highest BCUT2D eigenvalue weighted by molar-refractivity contribution is 5.86. The maximum Gasteiger partial charge on any atom is 0.237 e. The Morgan fingerprint density at radius 1 is 1.39 bits per heavy atom. The zero-order valence-electron chi connectivity index (χ0n) is 18.8. The van der Waals surface area contributed by atoms with E-state index in [2.05, 4.69) is 27.9 Å². The van der Waals surface area contributed by atoms with Crippen LogP contribution in [0.3, 0.4) is 0 Å². The fourth-order valence-corrected chi connectivity index (χ4v) is 5.20. The fourth-order valence-electron chi connectivity index (χ4n) is 5.20. The molecule has 6 nitrogen and oxygen atoms in total. The number of fused-ring (bicyclic) bond motifs is 4. The lowest BCUT2D eigenvalue weighted by Gasteiger charge is -2.51. The van der Waals surface area contributed by atoms with E-state index in [1.54, 1.807) is 7.11 Å². The van der Waals surface area contributed by atoms with Gasteiger partial charge in [0.25, 0.3) is 0 Å². The molecule has 4 unspecified atom stereocenters. The zero-order chi connectivity index (χ0) is 22.1. The van der Waals surface area contributed by atoms with Crippen molar-refractivity contribution in [2.24, 2.45) is 23.5 Å². The number of aromatic nitrogens is 1. The van der Waals surface area contributed by atoms with Gasteiger partial charge in [-0.2, -0.15) is 0 Å². The molecule has 0 radical (unpaired) electrons. The van der Waals surface area contributed by atoms with Crippen LogP contribution in [0.1, 0.15) is 38.3 Å². The van der Waals surface area contributed by atoms with Crippen LogP contribution in [-0.2, 0) is 4.79 Å². The molecule has 0 saturated carbocycles. The summed E-state index contributed by atoms with van der Waals surface area (Å²) < 4.78 is 5.47. The number of ether oxygens (including phenoxy) is 1. The molecule has 2 bridgehead atoms. The molecule has 3 fully saturated rings. The minimum atomic E-state index is -0.540. The smallest absolute Gasteiger partial charge is 0.237 e. The molecule has 31 heavy (non-hydrogen) atoms. The van der Waals surface area contributed by atoms with E-state index in [9.17, 15) is 4.79 Å². The maximum absolute atomic E-state index is 13.1. The second kappa shape index (κ2) is 8.97. The summed E-state index contributed by atoms with van der Waals surface area (Å²) in [7, 11) is 1.67. The van der Waals surface area contributed by atoms with Gasteiger partial charge in [0.1, 0.15) is 5.75 Å². The summed E-state index contributed by atoms with van der Waals surface area (Å²) in [4.78, 5) is 20.1. The molecular formula is C25H34N4O2. The Morgan fingerprint density at radius 2 is 2.19 bits per heavy atom. The normalized spacial score (nSPS) is 27.1. The van der Waals surface area contributed by atoms with Gasteiger partial charge < -0.3 is 15.8 Å². The van der Waals surface area contributed by atoms with Crippen LogP contribution in [0.5, 0.6) is 5.75 Å². The van der Waals surface area contributed by atoms with Crippen LogP contribution < -0.4 is 15.8 Å². The number of carbonyl (C=O) groups excluding carboxylic acids is 1. The van der Waals surface area contributed by atoms with E-state index in [0.717, 1.165) is 41.7 Å². The molecule has 166 valence electrons. The molecule has 2 aromatic rings. The molecule has 5 rings (SSSR count). The van der Waals surface area contributed by atoms with Gasteiger partial charge in [-0.3, -0.25) is 14.7 Å². The van der Waals surface area contributed by atoms with Gasteiger partial charge in [0.15, 0.2) is 0 Å². The fraction of sp³-hybridized carbons (Fsp3) is 0.520. The molecule has 3 N–H and O–H groups in total. The van der Waals surface area contributed by atoms with Crippen molar-refractivity contribution in [3.05, 3.63) is 48.7 Å². The van der Waals surface area contributed by atoms with Gasteiger partial charge in [-0.15, -0.1) is 6.58 Å². The molecule has 1 aromatic carbocycles. The number of pyridine rings is 1. The van der Waals surface area contributed by atoms with Gasteiger partial charge in [0.05, 0.1) is 24.7 Å². The van der Waals surface area contributed by atoms with E-state index in [1.165, 1.54) is 6.42 Å². The first kappa shape index (κ1) is 21.8. The topological polar surface area (TPSA) is 80.5 Å². The summed E-state index contributed by atoms with van der Waals surface area (Å²) in [6, 6.07) is 7.45. The molecule has 6 heteroatoms. The predicted molar refractivity (Wildman–Crippen MR) is 124 cm³/mol. The second-order valence-electron chi connectivity index (χ2n) is 9.29. The van der Waals surface area contributed by atoms with Crippen LogP contribution in [0.25, 0.3) is 10.9 Å². The Balaban J connectivity index is 1.76. The van der Waals surface area contributed by atoms with Gasteiger partial charge in [0, 0.05) is 24.2 Å². The van der Waals surface area contributed by atoms with Crippen molar-refractivity contribution in [2.45, 2.75) is 44.8 Å². The molecule has 1 aromatic heterocycles. The van der Waals surface area contributed by atoms with Crippen molar-refractivity contribution >= 4 is 16.8 Å². The van der Waals surface area contributed by atoms with Crippen LogP contribution in [0.2, 0.25) is 0 Å². The summed E-state index contributed by atoms with van der Waals surface area (Å²) >= 11 is 0. The van der Waals surface area contributed by atoms with Crippen molar-refractivity contribution < 1.29 is 9.53 Å². The number of methoxy groups -OCH3 is 1. The monoisotopic (exact) mass is 422 g/mol. The number of amides is 1. The first-order chi connectivity index (χ1) is 14.9. The van der Waals surface area contributed by atoms with Crippen molar-refractivity contribution in [3.8, 4) is 5.75 Å². The van der Waals surface area contributed by atoms with E-state index in [1.807, 2.05) is 44.3 Å². The van der Waals surface area contributed by atoms with Gasteiger partial charge in [0.2, 0.25) is 5.91 Å². The Kier molecular flexibility index (Phi) is 6.30. The third-order valence-corrected chi connectivity index (χ3v) is 7.17. The van der Waals surface area contributed by atoms with Crippen LogP contribution in [-0.4, -0.2) is 48.1 Å². The Labute approximate surface area is 184 Å². The van der Waals surface area contributed by atoms with E-state index >= 15 is 0 Å². The minimum Gasteiger partial charge on any atom is -0.497 e. The van der Waals surface area contributed by atoms with E-state index in [4.69, 9.17) is 10.5 Å². The zero-order valence-corrected chi connectivity index (χ0v) is 18.8. The first-order valence-electron chi connectivity index (χ1n) is 11.3. The van der Waals surface area contributed by atoms with Crippen molar-refractivity contribution in [1.29, 1.82) is 0 Å². The third kappa shape index (κ3) is 4.19. The summed E-state index contributed by atoms with van der Waals surface area (Å²) in [6.45, 7) is 10.0. The molecule has 3 saturated heterocycles. The maximum atomic E-state index is 13.1. The number of nitrogens with one attached hydrogen (secondary N) is 1. The number of rotatable bonds is 7. The lowest BCUT2D eigenvalue weighted by atomic mass is 9.73. The number of piperidine rings is 3. The highest BCUT2D eigenvalue weighted by atomic mass is 16.5. The van der Waals surface area contributed by atoms with Crippen molar-refractivity contribution in [1.82, 2.24) is 15.2 Å². The summed E-state index contributed by atoms with van der Waals surface area (Å²) in [5.74, 6) is 1.88. The van der Waals surface area contributed by atoms with E-state index in [-0.39, 0.29) is 23.9 Å². The second-order valence-corrected chi connectivity index (χ2v) is 9.29. The number of nitrogens with two attached hydrogens (primary N) is 1. The molecule has 6 atom stereocenters. The van der Waals surface area contributed by atoms with Crippen LogP contribution in [0.4, 0.5) is 0 Å². The molecule has 4 heterocycles. The summed E-state index contributed by atoms with van der Waals surface area (Å²) in [6.07, 6.45) is 6.15. The lowest BCUT2D eigenvalue weighted by molar-refractivity contribution is -0.125. The standard InChI is InChI=1S/C25H34N4O2/c1-5-16-14-29-11-9-17(16)12-22(29)24(28-25(30)23(26)15(2)3)19-8-10-27-21-7-6-18(31-4)13-20(19)21/h5-8,10,13,15-17,22-24H,1,9,11-12,14,26H2,2-4H3,(H,28,30)/t16?,17?,22?,23-,24+/m0/s1. The van der Waals surface area contributed by atoms with Crippen LogP contribution in [0, 0.1) is 17.8 Å². The average Bonchev–Trinajstić information content (AvgIpc) is 2.81.